The Kier molecular flexibility index (Phi) is 7.77. The molecular formula is C25H34N4O4. The summed E-state index contributed by atoms with van der Waals surface area (Å²) in [5, 5.41) is 3.87. The second kappa shape index (κ2) is 10.9. The van der Waals surface area contributed by atoms with E-state index in [1.165, 1.54) is 11.1 Å². The number of piperazine rings is 1. The van der Waals surface area contributed by atoms with Gasteiger partial charge in [0.15, 0.2) is 5.69 Å². The average molecular weight is 455 g/mol. The molecule has 33 heavy (non-hydrogen) atoms. The first kappa shape index (κ1) is 23.4. The maximum atomic E-state index is 13.0. The Hall–Kier alpha value is -2.71. The molecule has 8 heteroatoms. The Morgan fingerprint density at radius 1 is 1.12 bits per heavy atom. The molecule has 2 aliphatic heterocycles. The molecule has 0 aliphatic carbocycles. The normalized spacial score (nSPS) is 19.1. The van der Waals surface area contributed by atoms with E-state index in [1.54, 1.807) is 17.9 Å². The molecule has 0 unspecified atom stereocenters. The van der Waals surface area contributed by atoms with Crippen LogP contribution in [0.4, 0.5) is 0 Å². The largest absolute Gasteiger partial charge is 0.376 e. The van der Waals surface area contributed by atoms with Crippen LogP contribution in [0, 0.1) is 13.8 Å². The number of hydrogen-bond acceptors (Lipinski definition) is 6. The van der Waals surface area contributed by atoms with E-state index in [4.69, 9.17) is 9.26 Å². The third-order valence-electron chi connectivity index (χ3n) is 6.43. The molecule has 1 aromatic carbocycles. The van der Waals surface area contributed by atoms with Crippen molar-refractivity contribution in [1.82, 2.24) is 19.9 Å². The molecule has 0 bridgehead atoms. The lowest BCUT2D eigenvalue weighted by molar-refractivity contribution is -0.133. The fourth-order valence-electron chi connectivity index (χ4n) is 4.43. The molecule has 4 rings (SSSR count). The van der Waals surface area contributed by atoms with Gasteiger partial charge in [0.25, 0.3) is 5.91 Å². The van der Waals surface area contributed by atoms with Crippen LogP contribution in [-0.4, -0.2) is 83.7 Å². The van der Waals surface area contributed by atoms with Gasteiger partial charge in [0.05, 0.1) is 6.10 Å². The molecule has 2 amide bonds. The summed E-state index contributed by atoms with van der Waals surface area (Å²) in [5.74, 6) is 0.472. The van der Waals surface area contributed by atoms with E-state index in [1.807, 2.05) is 4.90 Å². The maximum absolute atomic E-state index is 13.0. The van der Waals surface area contributed by atoms with Gasteiger partial charge in [0.2, 0.25) is 5.91 Å². The minimum absolute atomic E-state index is 0.0161. The SMILES string of the molecule is Cc1ccc(CN2CCN(C(=O)CCN(C[C@@H]3CCCO3)C(=O)c3cc(C)on3)CC2)cc1. The molecule has 178 valence electrons. The van der Waals surface area contributed by atoms with Crippen LogP contribution in [-0.2, 0) is 16.1 Å². The highest BCUT2D eigenvalue weighted by molar-refractivity contribution is 5.92. The molecule has 0 spiro atoms. The monoisotopic (exact) mass is 454 g/mol. The summed E-state index contributed by atoms with van der Waals surface area (Å²) in [6, 6.07) is 10.3. The quantitative estimate of drug-likeness (QED) is 0.610. The summed E-state index contributed by atoms with van der Waals surface area (Å²) in [7, 11) is 0. The Morgan fingerprint density at radius 3 is 2.52 bits per heavy atom. The van der Waals surface area contributed by atoms with Crippen molar-refractivity contribution in [3.05, 3.63) is 52.9 Å². The van der Waals surface area contributed by atoms with Crippen LogP contribution in [0.25, 0.3) is 0 Å². The molecule has 1 aromatic heterocycles. The molecule has 2 fully saturated rings. The Bertz CT molecular complexity index is 928. The van der Waals surface area contributed by atoms with Crippen molar-refractivity contribution in [1.29, 1.82) is 0 Å². The second-order valence-corrected chi connectivity index (χ2v) is 9.10. The van der Waals surface area contributed by atoms with Crippen molar-refractivity contribution in [3.8, 4) is 0 Å². The minimum Gasteiger partial charge on any atom is -0.376 e. The molecule has 0 N–H and O–H groups in total. The highest BCUT2D eigenvalue weighted by Crippen LogP contribution is 2.16. The average Bonchev–Trinajstić information content (AvgIpc) is 3.50. The van der Waals surface area contributed by atoms with Gasteiger partial charge in [0.1, 0.15) is 5.76 Å². The first-order valence-electron chi connectivity index (χ1n) is 11.9. The smallest absolute Gasteiger partial charge is 0.276 e. The molecular weight excluding hydrogens is 420 g/mol. The van der Waals surface area contributed by atoms with Gasteiger partial charge in [0, 0.05) is 64.9 Å². The number of ether oxygens (including phenoxy) is 1. The molecule has 0 saturated carbocycles. The van der Waals surface area contributed by atoms with Crippen LogP contribution in [0.15, 0.2) is 34.9 Å². The van der Waals surface area contributed by atoms with E-state index in [2.05, 4.69) is 41.2 Å². The van der Waals surface area contributed by atoms with Crippen molar-refractivity contribution >= 4 is 11.8 Å². The Morgan fingerprint density at radius 2 is 1.88 bits per heavy atom. The number of nitrogens with zero attached hydrogens (tertiary/aromatic N) is 4. The summed E-state index contributed by atoms with van der Waals surface area (Å²) < 4.78 is 10.8. The van der Waals surface area contributed by atoms with E-state index in [0.717, 1.165) is 39.1 Å². The molecule has 1 atom stereocenters. The molecule has 0 radical (unpaired) electrons. The summed E-state index contributed by atoms with van der Waals surface area (Å²) in [6.45, 7) is 9.46. The summed E-state index contributed by atoms with van der Waals surface area (Å²) in [6.07, 6.45) is 2.25. The maximum Gasteiger partial charge on any atom is 0.276 e. The van der Waals surface area contributed by atoms with Gasteiger partial charge < -0.3 is 19.1 Å². The van der Waals surface area contributed by atoms with Crippen LogP contribution >= 0.6 is 0 Å². The zero-order valence-corrected chi connectivity index (χ0v) is 19.7. The van der Waals surface area contributed by atoms with E-state index in [0.29, 0.717) is 38.4 Å². The van der Waals surface area contributed by atoms with Crippen LogP contribution in [0.3, 0.4) is 0 Å². The fourth-order valence-corrected chi connectivity index (χ4v) is 4.43. The predicted octanol–water partition coefficient (Wildman–Crippen LogP) is 2.65. The number of benzene rings is 1. The van der Waals surface area contributed by atoms with Crippen molar-refractivity contribution in [2.45, 2.75) is 45.8 Å². The summed E-state index contributed by atoms with van der Waals surface area (Å²) >= 11 is 0. The lowest BCUT2D eigenvalue weighted by atomic mass is 10.1. The number of carbonyl (C=O) groups is 2. The van der Waals surface area contributed by atoms with Gasteiger partial charge in [-0.1, -0.05) is 35.0 Å². The number of rotatable bonds is 8. The Labute approximate surface area is 195 Å². The third-order valence-corrected chi connectivity index (χ3v) is 6.43. The van der Waals surface area contributed by atoms with E-state index < -0.39 is 0 Å². The highest BCUT2D eigenvalue weighted by Gasteiger charge is 2.27. The minimum atomic E-state index is -0.210. The van der Waals surface area contributed by atoms with Gasteiger partial charge in [-0.15, -0.1) is 0 Å². The number of carbonyl (C=O) groups excluding carboxylic acids is 2. The zero-order valence-electron chi connectivity index (χ0n) is 19.7. The van der Waals surface area contributed by atoms with E-state index in [9.17, 15) is 9.59 Å². The molecule has 2 aliphatic rings. The van der Waals surface area contributed by atoms with Crippen LogP contribution < -0.4 is 0 Å². The van der Waals surface area contributed by atoms with Crippen LogP contribution in [0.1, 0.15) is 46.6 Å². The van der Waals surface area contributed by atoms with Gasteiger partial charge in [-0.05, 0) is 32.3 Å². The first-order chi connectivity index (χ1) is 16.0. The molecule has 3 heterocycles. The number of aryl methyl sites for hydroxylation is 2. The zero-order chi connectivity index (χ0) is 23.2. The second-order valence-electron chi connectivity index (χ2n) is 9.10. The first-order valence-corrected chi connectivity index (χ1v) is 11.9. The van der Waals surface area contributed by atoms with Gasteiger partial charge in [-0.25, -0.2) is 0 Å². The van der Waals surface area contributed by atoms with Crippen molar-refractivity contribution in [3.63, 3.8) is 0 Å². The van der Waals surface area contributed by atoms with E-state index in [-0.39, 0.29) is 23.6 Å². The lowest BCUT2D eigenvalue weighted by Crippen LogP contribution is -2.49. The summed E-state index contributed by atoms with van der Waals surface area (Å²) in [5.41, 5.74) is 2.84. The molecule has 8 nitrogen and oxygen atoms in total. The highest BCUT2D eigenvalue weighted by atomic mass is 16.5. The lowest BCUT2D eigenvalue weighted by Gasteiger charge is -2.35. The topological polar surface area (TPSA) is 79.1 Å². The van der Waals surface area contributed by atoms with Gasteiger partial charge in [-0.3, -0.25) is 14.5 Å². The predicted molar refractivity (Wildman–Crippen MR) is 124 cm³/mol. The van der Waals surface area contributed by atoms with Crippen LogP contribution in [0.5, 0.6) is 0 Å². The Balaban J connectivity index is 1.27. The van der Waals surface area contributed by atoms with Crippen molar-refractivity contribution < 1.29 is 18.8 Å². The molecule has 2 saturated heterocycles. The number of aromatic nitrogens is 1. The summed E-state index contributed by atoms with van der Waals surface area (Å²) in [4.78, 5) is 31.9. The van der Waals surface area contributed by atoms with Crippen molar-refractivity contribution in [2.24, 2.45) is 0 Å². The standard InChI is InChI=1S/C25H34N4O4/c1-19-5-7-21(8-6-19)17-27-11-13-28(14-12-27)24(30)9-10-29(18-22-4-3-15-32-22)25(31)23-16-20(2)33-26-23/h5-8,16,22H,3-4,9-15,17-18H2,1-2H3/t22-/m0/s1. The number of hydrogen-bond donors (Lipinski definition) is 0. The van der Waals surface area contributed by atoms with E-state index >= 15 is 0 Å². The number of amides is 2. The molecule has 2 aromatic rings. The van der Waals surface area contributed by atoms with Gasteiger partial charge >= 0.3 is 0 Å². The third kappa shape index (κ3) is 6.42. The van der Waals surface area contributed by atoms with Gasteiger partial charge in [-0.2, -0.15) is 0 Å². The fraction of sp³-hybridized carbons (Fsp3) is 0.560. The van der Waals surface area contributed by atoms with Crippen molar-refractivity contribution in [2.75, 3.05) is 45.9 Å². The van der Waals surface area contributed by atoms with Crippen LogP contribution in [0.2, 0.25) is 0 Å².